The number of aldehydes is 1. The second kappa shape index (κ2) is 6.12. The average Bonchev–Trinajstić information content (AvgIpc) is 2.34. The SMILES string of the molecule is COc1cc(C#CCN=[N+]=[N-])ccc1C=O. The first kappa shape index (κ1) is 11.6. The van der Waals surface area contributed by atoms with Gasteiger partial charge in [0, 0.05) is 10.5 Å². The van der Waals surface area contributed by atoms with Crippen molar-refractivity contribution in [2.45, 2.75) is 0 Å². The molecule has 1 rings (SSSR count). The Hall–Kier alpha value is -2.44. The van der Waals surface area contributed by atoms with Crippen LogP contribution >= 0.6 is 0 Å². The van der Waals surface area contributed by atoms with E-state index in [0.29, 0.717) is 16.9 Å². The highest BCUT2D eigenvalue weighted by atomic mass is 16.5. The fourth-order valence-corrected chi connectivity index (χ4v) is 1.09. The van der Waals surface area contributed by atoms with Crippen molar-refractivity contribution in [3.8, 4) is 17.6 Å². The highest BCUT2D eigenvalue weighted by molar-refractivity contribution is 5.79. The molecule has 0 atom stereocenters. The minimum atomic E-state index is 0.119. The molecule has 0 unspecified atom stereocenters. The van der Waals surface area contributed by atoms with E-state index in [1.165, 1.54) is 7.11 Å². The summed E-state index contributed by atoms with van der Waals surface area (Å²) < 4.78 is 5.02. The smallest absolute Gasteiger partial charge is 0.153 e. The molecule has 0 spiro atoms. The Morgan fingerprint density at radius 2 is 2.44 bits per heavy atom. The number of benzene rings is 1. The molecule has 0 radical (unpaired) electrons. The van der Waals surface area contributed by atoms with Crippen LogP contribution < -0.4 is 4.74 Å². The fourth-order valence-electron chi connectivity index (χ4n) is 1.09. The van der Waals surface area contributed by atoms with Crippen LogP contribution in [0.1, 0.15) is 15.9 Å². The standard InChI is InChI=1S/C11H9N3O2/c1-16-11-7-9(3-2-6-13-14-12)4-5-10(11)8-15/h4-5,7-8H,6H2,1H3. The summed E-state index contributed by atoms with van der Waals surface area (Å²) in [5.74, 6) is 5.95. The molecule has 1 aromatic carbocycles. The van der Waals surface area contributed by atoms with Crippen LogP contribution in [0.4, 0.5) is 0 Å². The summed E-state index contributed by atoms with van der Waals surface area (Å²) >= 11 is 0. The monoisotopic (exact) mass is 215 g/mol. The second-order valence-corrected chi connectivity index (χ2v) is 2.77. The number of hydrogen-bond acceptors (Lipinski definition) is 3. The molecule has 0 aliphatic carbocycles. The van der Waals surface area contributed by atoms with Gasteiger partial charge in [-0.3, -0.25) is 4.79 Å². The second-order valence-electron chi connectivity index (χ2n) is 2.77. The quantitative estimate of drug-likeness (QED) is 0.255. The molecule has 0 aromatic heterocycles. The van der Waals surface area contributed by atoms with Gasteiger partial charge in [0.15, 0.2) is 6.29 Å². The number of hydrogen-bond donors (Lipinski definition) is 0. The lowest BCUT2D eigenvalue weighted by molar-refractivity contribution is 0.112. The molecule has 0 bridgehead atoms. The predicted octanol–water partition coefficient (Wildman–Crippen LogP) is 2.17. The van der Waals surface area contributed by atoms with E-state index < -0.39 is 0 Å². The van der Waals surface area contributed by atoms with Crippen LogP contribution in [0.2, 0.25) is 0 Å². The zero-order valence-corrected chi connectivity index (χ0v) is 8.67. The van der Waals surface area contributed by atoms with Crippen molar-refractivity contribution in [3.05, 3.63) is 39.8 Å². The number of azide groups is 1. The zero-order valence-electron chi connectivity index (χ0n) is 8.67. The molecule has 0 N–H and O–H groups in total. The van der Waals surface area contributed by atoms with Crippen LogP contribution in [0.5, 0.6) is 5.75 Å². The lowest BCUT2D eigenvalue weighted by atomic mass is 10.1. The van der Waals surface area contributed by atoms with Gasteiger partial charge in [0.25, 0.3) is 0 Å². The normalized spacial score (nSPS) is 8.31. The largest absolute Gasteiger partial charge is 0.496 e. The summed E-state index contributed by atoms with van der Waals surface area (Å²) in [6, 6.07) is 4.99. The maximum Gasteiger partial charge on any atom is 0.153 e. The molecular weight excluding hydrogens is 206 g/mol. The van der Waals surface area contributed by atoms with Crippen LogP contribution in [-0.4, -0.2) is 19.9 Å². The molecule has 0 saturated carbocycles. The van der Waals surface area contributed by atoms with Crippen LogP contribution in [0.15, 0.2) is 23.3 Å². The van der Waals surface area contributed by atoms with Gasteiger partial charge < -0.3 is 4.74 Å². The third-order valence-electron chi connectivity index (χ3n) is 1.81. The van der Waals surface area contributed by atoms with Crippen LogP contribution in [0.25, 0.3) is 10.4 Å². The van der Waals surface area contributed by atoms with E-state index in [4.69, 9.17) is 10.3 Å². The summed E-state index contributed by atoms with van der Waals surface area (Å²) in [5, 5.41) is 3.28. The molecule has 1 aromatic rings. The van der Waals surface area contributed by atoms with E-state index in [1.807, 2.05) is 0 Å². The minimum absolute atomic E-state index is 0.119. The van der Waals surface area contributed by atoms with Gasteiger partial charge in [0.1, 0.15) is 5.75 Å². The number of ether oxygens (including phenoxy) is 1. The first-order valence-corrected chi connectivity index (χ1v) is 4.44. The number of rotatable bonds is 3. The van der Waals surface area contributed by atoms with E-state index in [0.717, 1.165) is 6.29 Å². The third-order valence-corrected chi connectivity index (χ3v) is 1.81. The van der Waals surface area contributed by atoms with Crippen molar-refractivity contribution in [2.75, 3.05) is 13.7 Å². The Labute approximate surface area is 92.7 Å². The van der Waals surface area contributed by atoms with Crippen molar-refractivity contribution in [3.63, 3.8) is 0 Å². The number of methoxy groups -OCH3 is 1. The lowest BCUT2D eigenvalue weighted by Gasteiger charge is -2.02. The lowest BCUT2D eigenvalue weighted by Crippen LogP contribution is -1.91. The summed E-state index contributed by atoms with van der Waals surface area (Å²) in [7, 11) is 1.49. The zero-order chi connectivity index (χ0) is 11.8. The Morgan fingerprint density at radius 3 is 3.06 bits per heavy atom. The summed E-state index contributed by atoms with van der Waals surface area (Å²) in [6.45, 7) is 0.119. The highest BCUT2D eigenvalue weighted by Crippen LogP contribution is 2.17. The van der Waals surface area contributed by atoms with Gasteiger partial charge in [0.05, 0.1) is 19.2 Å². The van der Waals surface area contributed by atoms with E-state index in [9.17, 15) is 4.79 Å². The van der Waals surface area contributed by atoms with E-state index in [2.05, 4.69) is 21.9 Å². The van der Waals surface area contributed by atoms with Crippen LogP contribution in [-0.2, 0) is 0 Å². The third kappa shape index (κ3) is 3.05. The topological polar surface area (TPSA) is 75.1 Å². The molecular formula is C11H9N3O2. The summed E-state index contributed by atoms with van der Waals surface area (Å²) in [4.78, 5) is 13.2. The van der Waals surface area contributed by atoms with E-state index in [-0.39, 0.29) is 6.54 Å². The molecule has 0 aliphatic rings. The van der Waals surface area contributed by atoms with Crippen molar-refractivity contribution in [1.29, 1.82) is 0 Å². The molecule has 16 heavy (non-hydrogen) atoms. The predicted molar refractivity (Wildman–Crippen MR) is 59.3 cm³/mol. The van der Waals surface area contributed by atoms with E-state index in [1.54, 1.807) is 18.2 Å². The average molecular weight is 215 g/mol. The molecule has 5 heteroatoms. The van der Waals surface area contributed by atoms with Crippen LogP contribution in [0.3, 0.4) is 0 Å². The van der Waals surface area contributed by atoms with Crippen molar-refractivity contribution >= 4 is 6.29 Å². The Morgan fingerprint density at radius 1 is 1.62 bits per heavy atom. The van der Waals surface area contributed by atoms with E-state index >= 15 is 0 Å². The van der Waals surface area contributed by atoms with Gasteiger partial charge in [-0.15, -0.1) is 0 Å². The molecule has 0 aliphatic heterocycles. The Kier molecular flexibility index (Phi) is 4.45. The van der Waals surface area contributed by atoms with Gasteiger partial charge in [-0.05, 0) is 23.7 Å². The summed E-state index contributed by atoms with van der Waals surface area (Å²) in [5.41, 5.74) is 9.22. The van der Waals surface area contributed by atoms with Crippen molar-refractivity contribution in [1.82, 2.24) is 0 Å². The fraction of sp³-hybridized carbons (Fsp3) is 0.182. The van der Waals surface area contributed by atoms with Gasteiger partial charge in [-0.2, -0.15) is 0 Å². The maximum atomic E-state index is 10.6. The maximum absolute atomic E-state index is 10.6. The first-order valence-electron chi connectivity index (χ1n) is 4.44. The number of carbonyl (C=O) groups is 1. The molecule has 5 nitrogen and oxygen atoms in total. The van der Waals surface area contributed by atoms with Crippen molar-refractivity contribution < 1.29 is 9.53 Å². The molecule has 80 valence electrons. The van der Waals surface area contributed by atoms with Crippen molar-refractivity contribution in [2.24, 2.45) is 5.11 Å². The van der Waals surface area contributed by atoms with Crippen LogP contribution in [0, 0.1) is 11.8 Å². The molecule has 0 fully saturated rings. The molecule has 0 heterocycles. The highest BCUT2D eigenvalue weighted by Gasteiger charge is 2.01. The number of nitrogens with zero attached hydrogens (tertiary/aromatic N) is 3. The van der Waals surface area contributed by atoms with Gasteiger partial charge >= 0.3 is 0 Å². The molecule has 0 saturated heterocycles. The molecule has 0 amide bonds. The number of carbonyl (C=O) groups excluding carboxylic acids is 1. The van der Waals surface area contributed by atoms with Gasteiger partial charge in [-0.25, -0.2) is 0 Å². The minimum Gasteiger partial charge on any atom is -0.496 e. The van der Waals surface area contributed by atoms with Gasteiger partial charge in [-0.1, -0.05) is 17.0 Å². The first-order chi connectivity index (χ1) is 7.81. The Bertz CT molecular complexity index is 494. The summed E-state index contributed by atoms with van der Waals surface area (Å²) in [6.07, 6.45) is 0.718. The van der Waals surface area contributed by atoms with Gasteiger partial charge in [0.2, 0.25) is 0 Å². The Balaban J connectivity index is 2.93.